The molecule has 0 fully saturated rings. The summed E-state index contributed by atoms with van der Waals surface area (Å²) in [6.45, 7) is -0.621. The van der Waals surface area contributed by atoms with E-state index in [0.717, 1.165) is 17.0 Å². The molecule has 8 heteroatoms. The lowest BCUT2D eigenvalue weighted by molar-refractivity contribution is -0.137. The van der Waals surface area contributed by atoms with Gasteiger partial charge in [-0.3, -0.25) is 9.59 Å². The Bertz CT molecular complexity index is 981. The molecule has 0 spiro atoms. The summed E-state index contributed by atoms with van der Waals surface area (Å²) in [4.78, 5) is 24.9. The minimum atomic E-state index is -4.50. The highest BCUT2D eigenvalue weighted by molar-refractivity contribution is 5.97. The number of hydrogen-bond donors (Lipinski definition) is 2. The molecule has 5 nitrogen and oxygen atoms in total. The van der Waals surface area contributed by atoms with Gasteiger partial charge in [0.15, 0.2) is 0 Å². The number of carbonyl (C=O) groups is 2. The third-order valence-electron chi connectivity index (χ3n) is 4.06. The summed E-state index contributed by atoms with van der Waals surface area (Å²) >= 11 is 0. The van der Waals surface area contributed by atoms with Crippen molar-refractivity contribution in [2.45, 2.75) is 12.7 Å². The molecule has 3 aromatic rings. The molecule has 0 radical (unpaired) electrons. The molecule has 0 aliphatic heterocycles. The molecule has 0 heterocycles. The van der Waals surface area contributed by atoms with Gasteiger partial charge >= 0.3 is 6.18 Å². The Kier molecular flexibility index (Phi) is 8.19. The maximum Gasteiger partial charge on any atom is 0.416 e. The number of hydrogen-bond acceptors (Lipinski definition) is 3. The average molecular weight is 429 g/mol. The Balaban J connectivity index is 0.000000488. The van der Waals surface area contributed by atoms with Crippen LogP contribution < -0.4 is 11.5 Å². The average Bonchev–Trinajstić information content (AvgIpc) is 2.74. The number of rotatable bonds is 5. The van der Waals surface area contributed by atoms with Crippen LogP contribution in [0.15, 0.2) is 84.9 Å². The van der Waals surface area contributed by atoms with E-state index in [1.54, 1.807) is 12.1 Å². The molecular formula is C23H22F3N3O2. The van der Waals surface area contributed by atoms with Gasteiger partial charge in [-0.1, -0.05) is 54.6 Å². The van der Waals surface area contributed by atoms with Crippen molar-refractivity contribution in [3.8, 4) is 0 Å². The fraction of sp³-hybridized carbons (Fsp3) is 0.130. The highest BCUT2D eigenvalue weighted by Gasteiger charge is 2.30. The van der Waals surface area contributed by atoms with Gasteiger partial charge in [0.1, 0.15) is 0 Å². The molecule has 0 saturated carbocycles. The summed E-state index contributed by atoms with van der Waals surface area (Å²) < 4.78 is 38.4. The number of anilines is 1. The standard InChI is InChI=1S/C17H16F3N3O2.C6H6/c18-17(19,20)13-5-1-3-11(7-13)9-23(10-15(22)24)16(25)12-4-2-6-14(21)8-12;1-2-4-6-5-3-1/h1-8H,9-10,21H2,(H2,22,24);1-6H. The lowest BCUT2D eigenvalue weighted by Crippen LogP contribution is -2.38. The third-order valence-corrected chi connectivity index (χ3v) is 4.06. The normalized spacial score (nSPS) is 10.5. The second-order valence-electron chi connectivity index (χ2n) is 6.61. The van der Waals surface area contributed by atoms with Crippen molar-refractivity contribution >= 4 is 17.5 Å². The second-order valence-corrected chi connectivity index (χ2v) is 6.61. The number of primary amides is 1. The first-order chi connectivity index (χ1) is 14.7. The predicted molar refractivity (Wildman–Crippen MR) is 113 cm³/mol. The van der Waals surface area contributed by atoms with Crippen molar-refractivity contribution < 1.29 is 22.8 Å². The highest BCUT2D eigenvalue weighted by Crippen LogP contribution is 2.29. The Morgan fingerprint density at radius 2 is 1.42 bits per heavy atom. The quantitative estimate of drug-likeness (QED) is 0.599. The van der Waals surface area contributed by atoms with Gasteiger partial charge in [0.25, 0.3) is 5.91 Å². The molecule has 0 unspecified atom stereocenters. The van der Waals surface area contributed by atoms with Crippen LogP contribution in [0.2, 0.25) is 0 Å². The number of nitrogens with two attached hydrogens (primary N) is 2. The van der Waals surface area contributed by atoms with Crippen LogP contribution in [-0.4, -0.2) is 23.3 Å². The van der Waals surface area contributed by atoms with Crippen LogP contribution >= 0.6 is 0 Å². The van der Waals surface area contributed by atoms with E-state index in [4.69, 9.17) is 11.5 Å². The summed E-state index contributed by atoms with van der Waals surface area (Å²) in [5.74, 6) is -1.33. The molecule has 0 aliphatic carbocycles. The predicted octanol–water partition coefficient (Wildman–Crippen LogP) is 4.10. The van der Waals surface area contributed by atoms with E-state index in [2.05, 4.69) is 0 Å². The molecule has 0 aliphatic rings. The molecule has 0 aromatic heterocycles. The van der Waals surface area contributed by atoms with Gasteiger partial charge < -0.3 is 16.4 Å². The SMILES string of the molecule is NC(=O)CN(Cc1cccc(C(F)(F)F)c1)C(=O)c1cccc(N)c1.c1ccccc1. The van der Waals surface area contributed by atoms with Gasteiger partial charge in [0, 0.05) is 17.8 Å². The van der Waals surface area contributed by atoms with Crippen molar-refractivity contribution in [2.24, 2.45) is 5.73 Å². The van der Waals surface area contributed by atoms with E-state index < -0.39 is 30.1 Å². The number of alkyl halides is 3. The maximum absolute atomic E-state index is 12.8. The minimum absolute atomic E-state index is 0.194. The van der Waals surface area contributed by atoms with Crippen LogP contribution in [0.3, 0.4) is 0 Å². The smallest absolute Gasteiger partial charge is 0.399 e. The van der Waals surface area contributed by atoms with Crippen molar-refractivity contribution in [1.29, 1.82) is 0 Å². The zero-order valence-electron chi connectivity index (χ0n) is 16.5. The van der Waals surface area contributed by atoms with Gasteiger partial charge in [0.05, 0.1) is 12.1 Å². The molecule has 2 amide bonds. The largest absolute Gasteiger partial charge is 0.416 e. The number of benzene rings is 3. The van der Waals surface area contributed by atoms with Crippen LogP contribution in [-0.2, 0) is 17.5 Å². The first kappa shape index (κ1) is 23.5. The van der Waals surface area contributed by atoms with Gasteiger partial charge in [-0.2, -0.15) is 13.2 Å². The number of halogens is 3. The molecule has 0 bridgehead atoms. The molecule has 0 saturated heterocycles. The van der Waals surface area contributed by atoms with Crippen molar-refractivity contribution in [2.75, 3.05) is 12.3 Å². The Morgan fingerprint density at radius 3 is 1.94 bits per heavy atom. The van der Waals surface area contributed by atoms with E-state index in [9.17, 15) is 22.8 Å². The topological polar surface area (TPSA) is 89.4 Å². The minimum Gasteiger partial charge on any atom is -0.399 e. The number of carbonyl (C=O) groups excluding carboxylic acids is 2. The number of nitrogen functional groups attached to an aromatic ring is 1. The third kappa shape index (κ3) is 7.85. The van der Waals surface area contributed by atoms with Gasteiger partial charge in [-0.25, -0.2) is 0 Å². The summed E-state index contributed by atoms with van der Waals surface area (Å²) in [7, 11) is 0. The van der Waals surface area contributed by atoms with Crippen molar-refractivity contribution in [1.82, 2.24) is 4.90 Å². The van der Waals surface area contributed by atoms with E-state index >= 15 is 0 Å². The van der Waals surface area contributed by atoms with Crippen LogP contribution in [0.5, 0.6) is 0 Å². The summed E-state index contributed by atoms with van der Waals surface area (Å²) in [5.41, 5.74) is 10.7. The zero-order chi connectivity index (χ0) is 22.9. The van der Waals surface area contributed by atoms with E-state index in [1.807, 2.05) is 36.4 Å². The lowest BCUT2D eigenvalue weighted by atomic mass is 10.1. The molecule has 162 valence electrons. The Hall–Kier alpha value is -3.81. The maximum atomic E-state index is 12.8. The molecule has 3 aromatic carbocycles. The zero-order valence-corrected chi connectivity index (χ0v) is 16.5. The molecule has 31 heavy (non-hydrogen) atoms. The van der Waals surface area contributed by atoms with Crippen LogP contribution in [0.4, 0.5) is 18.9 Å². The van der Waals surface area contributed by atoms with Gasteiger partial charge in [0.2, 0.25) is 5.91 Å². The Labute approximate surface area is 178 Å². The Morgan fingerprint density at radius 1 is 0.839 bits per heavy atom. The lowest BCUT2D eigenvalue weighted by Gasteiger charge is -2.22. The monoisotopic (exact) mass is 429 g/mol. The summed E-state index contributed by atoms with van der Waals surface area (Å²) in [6, 6.07) is 22.6. The van der Waals surface area contributed by atoms with Crippen molar-refractivity contribution in [3.05, 3.63) is 102 Å². The van der Waals surface area contributed by atoms with Gasteiger partial charge in [-0.05, 0) is 35.9 Å². The fourth-order valence-corrected chi connectivity index (χ4v) is 2.69. The first-order valence-electron chi connectivity index (χ1n) is 9.26. The van der Waals surface area contributed by atoms with Crippen LogP contribution in [0, 0.1) is 0 Å². The van der Waals surface area contributed by atoms with E-state index in [-0.39, 0.29) is 17.7 Å². The molecular weight excluding hydrogens is 407 g/mol. The van der Waals surface area contributed by atoms with Crippen molar-refractivity contribution in [3.63, 3.8) is 0 Å². The number of amides is 2. The summed E-state index contributed by atoms with van der Waals surface area (Å²) in [5, 5.41) is 0. The van der Waals surface area contributed by atoms with Crippen LogP contribution in [0.25, 0.3) is 0 Å². The first-order valence-corrected chi connectivity index (χ1v) is 9.26. The molecule has 3 rings (SSSR count). The second kappa shape index (κ2) is 10.8. The highest BCUT2D eigenvalue weighted by atomic mass is 19.4. The van der Waals surface area contributed by atoms with Gasteiger partial charge in [-0.15, -0.1) is 0 Å². The fourth-order valence-electron chi connectivity index (χ4n) is 2.69. The molecule has 0 atom stereocenters. The molecule has 4 N–H and O–H groups in total. The summed E-state index contributed by atoms with van der Waals surface area (Å²) in [6.07, 6.45) is -4.50. The van der Waals surface area contributed by atoms with E-state index in [0.29, 0.717) is 5.69 Å². The van der Waals surface area contributed by atoms with E-state index in [1.165, 1.54) is 24.3 Å². The van der Waals surface area contributed by atoms with Crippen LogP contribution in [0.1, 0.15) is 21.5 Å². The number of nitrogens with zero attached hydrogens (tertiary/aromatic N) is 1.